The summed E-state index contributed by atoms with van der Waals surface area (Å²) in [5.41, 5.74) is 9.55. The molecule has 4 nitrogen and oxygen atoms in total. The molecule has 94 valence electrons. The lowest BCUT2D eigenvalue weighted by Gasteiger charge is -2.01. The highest BCUT2D eigenvalue weighted by molar-refractivity contribution is 5.57. The molecule has 0 amide bonds. The fourth-order valence-electron chi connectivity index (χ4n) is 1.93. The Morgan fingerprint density at radius 1 is 0.947 bits per heavy atom. The lowest BCUT2D eigenvalue weighted by Crippen LogP contribution is -2.00. The number of nitrogens with zero attached hydrogens (tertiary/aromatic N) is 3. The van der Waals surface area contributed by atoms with Gasteiger partial charge in [-0.2, -0.15) is 0 Å². The number of aromatic nitrogens is 3. The molecule has 0 aliphatic rings. The lowest BCUT2D eigenvalue weighted by molar-refractivity contribution is 0.650. The van der Waals surface area contributed by atoms with E-state index in [-0.39, 0.29) is 0 Å². The Labute approximate surface area is 111 Å². The van der Waals surface area contributed by atoms with Gasteiger partial charge in [0.05, 0.1) is 12.7 Å². The number of nitrogen functional groups attached to an aromatic ring is 1. The quantitative estimate of drug-likeness (QED) is 0.727. The molecule has 0 saturated carbocycles. The van der Waals surface area contributed by atoms with Crippen LogP contribution in [0.3, 0.4) is 0 Å². The van der Waals surface area contributed by atoms with Crippen LogP contribution in [0.25, 0.3) is 11.3 Å². The summed E-state index contributed by atoms with van der Waals surface area (Å²) in [6.45, 7) is 0.695. The molecule has 3 rings (SSSR count). The van der Waals surface area contributed by atoms with Crippen molar-refractivity contribution in [2.45, 2.75) is 6.54 Å². The molecular weight excluding hydrogens is 236 g/mol. The molecule has 0 aliphatic carbocycles. The van der Waals surface area contributed by atoms with Crippen molar-refractivity contribution in [2.24, 2.45) is 0 Å². The molecule has 0 fully saturated rings. The van der Waals surface area contributed by atoms with Gasteiger partial charge in [-0.1, -0.05) is 47.7 Å². The van der Waals surface area contributed by atoms with Gasteiger partial charge < -0.3 is 5.73 Å². The zero-order valence-corrected chi connectivity index (χ0v) is 10.4. The van der Waals surface area contributed by atoms with Gasteiger partial charge in [-0.25, -0.2) is 4.68 Å². The molecule has 4 heteroatoms. The normalized spacial score (nSPS) is 10.5. The maximum Gasteiger partial charge on any atom is 0.113 e. The van der Waals surface area contributed by atoms with Gasteiger partial charge in [0.1, 0.15) is 5.69 Å². The third-order valence-corrected chi connectivity index (χ3v) is 2.93. The van der Waals surface area contributed by atoms with Crippen LogP contribution in [0.2, 0.25) is 0 Å². The zero-order chi connectivity index (χ0) is 13.1. The number of hydrogen-bond donors (Lipinski definition) is 1. The smallest absolute Gasteiger partial charge is 0.113 e. The van der Waals surface area contributed by atoms with Crippen molar-refractivity contribution in [3.63, 3.8) is 0 Å². The Balaban J connectivity index is 1.80. The van der Waals surface area contributed by atoms with E-state index in [9.17, 15) is 0 Å². The van der Waals surface area contributed by atoms with Crippen LogP contribution in [-0.2, 0) is 6.54 Å². The van der Waals surface area contributed by atoms with E-state index < -0.39 is 0 Å². The summed E-state index contributed by atoms with van der Waals surface area (Å²) in [6, 6.07) is 17.8. The minimum atomic E-state index is 0.695. The first kappa shape index (κ1) is 11.5. The van der Waals surface area contributed by atoms with Crippen molar-refractivity contribution in [2.75, 3.05) is 5.73 Å². The third kappa shape index (κ3) is 2.63. The standard InChI is InChI=1S/C15H14N4/c16-14-8-6-12(7-9-14)10-19-11-15(17-18-19)13-4-2-1-3-5-13/h1-9,11H,10,16H2. The van der Waals surface area contributed by atoms with Gasteiger partial charge in [0, 0.05) is 11.3 Å². The van der Waals surface area contributed by atoms with Crippen LogP contribution < -0.4 is 5.73 Å². The van der Waals surface area contributed by atoms with Crippen molar-refractivity contribution in [1.82, 2.24) is 15.0 Å². The molecule has 2 aromatic carbocycles. The molecule has 3 aromatic rings. The van der Waals surface area contributed by atoms with E-state index in [0.29, 0.717) is 6.54 Å². The second-order valence-corrected chi connectivity index (χ2v) is 4.41. The molecule has 0 radical (unpaired) electrons. The first-order valence-electron chi connectivity index (χ1n) is 6.11. The summed E-state index contributed by atoms with van der Waals surface area (Å²) in [5.74, 6) is 0. The average Bonchev–Trinajstić information content (AvgIpc) is 2.91. The van der Waals surface area contributed by atoms with E-state index >= 15 is 0 Å². The molecule has 2 N–H and O–H groups in total. The van der Waals surface area contributed by atoms with Gasteiger partial charge in [-0.05, 0) is 17.7 Å². The Bertz CT molecular complexity index is 656. The van der Waals surface area contributed by atoms with Crippen LogP contribution in [0.15, 0.2) is 60.8 Å². The third-order valence-electron chi connectivity index (χ3n) is 2.93. The number of benzene rings is 2. The Kier molecular flexibility index (Phi) is 2.98. The second kappa shape index (κ2) is 4.94. The predicted molar refractivity (Wildman–Crippen MR) is 75.4 cm³/mol. The molecule has 1 heterocycles. The molecule has 0 bridgehead atoms. The van der Waals surface area contributed by atoms with Gasteiger partial charge in [0.2, 0.25) is 0 Å². The number of anilines is 1. The monoisotopic (exact) mass is 250 g/mol. The van der Waals surface area contributed by atoms with Gasteiger partial charge >= 0.3 is 0 Å². The summed E-state index contributed by atoms with van der Waals surface area (Å²) in [7, 11) is 0. The summed E-state index contributed by atoms with van der Waals surface area (Å²) < 4.78 is 1.83. The summed E-state index contributed by atoms with van der Waals surface area (Å²) in [6.07, 6.45) is 1.95. The van der Waals surface area contributed by atoms with Crippen LogP contribution >= 0.6 is 0 Å². The largest absolute Gasteiger partial charge is 0.399 e. The van der Waals surface area contributed by atoms with E-state index in [1.807, 2.05) is 65.5 Å². The average molecular weight is 250 g/mol. The maximum absolute atomic E-state index is 5.67. The molecule has 1 aromatic heterocycles. The van der Waals surface area contributed by atoms with Crippen LogP contribution in [0, 0.1) is 0 Å². The number of nitrogens with two attached hydrogens (primary N) is 1. The lowest BCUT2D eigenvalue weighted by atomic mass is 10.2. The van der Waals surface area contributed by atoms with E-state index in [1.165, 1.54) is 0 Å². The first-order valence-corrected chi connectivity index (χ1v) is 6.11. The minimum absolute atomic E-state index is 0.695. The topological polar surface area (TPSA) is 56.7 Å². The molecule has 0 unspecified atom stereocenters. The molecule has 0 saturated heterocycles. The van der Waals surface area contributed by atoms with Crippen LogP contribution in [-0.4, -0.2) is 15.0 Å². The highest BCUT2D eigenvalue weighted by Gasteiger charge is 2.03. The van der Waals surface area contributed by atoms with Gasteiger partial charge in [-0.3, -0.25) is 0 Å². The van der Waals surface area contributed by atoms with E-state index in [4.69, 9.17) is 5.73 Å². The summed E-state index contributed by atoms with van der Waals surface area (Å²) in [4.78, 5) is 0. The molecular formula is C15H14N4. The maximum atomic E-state index is 5.67. The Morgan fingerprint density at radius 3 is 2.42 bits per heavy atom. The van der Waals surface area contributed by atoms with Gasteiger partial charge in [-0.15, -0.1) is 5.10 Å². The van der Waals surface area contributed by atoms with Crippen LogP contribution in [0.1, 0.15) is 5.56 Å². The molecule has 0 aliphatic heterocycles. The highest BCUT2D eigenvalue weighted by Crippen LogP contribution is 2.15. The van der Waals surface area contributed by atoms with Crippen molar-refractivity contribution in [3.8, 4) is 11.3 Å². The van der Waals surface area contributed by atoms with Crippen LogP contribution in [0.4, 0.5) is 5.69 Å². The summed E-state index contributed by atoms with van der Waals surface area (Å²) >= 11 is 0. The zero-order valence-electron chi connectivity index (χ0n) is 10.4. The second-order valence-electron chi connectivity index (χ2n) is 4.41. The van der Waals surface area contributed by atoms with Gasteiger partial charge in [0.25, 0.3) is 0 Å². The predicted octanol–water partition coefficient (Wildman–Crippen LogP) is 2.58. The van der Waals surface area contributed by atoms with Crippen molar-refractivity contribution >= 4 is 5.69 Å². The Morgan fingerprint density at radius 2 is 1.68 bits per heavy atom. The molecule has 19 heavy (non-hydrogen) atoms. The summed E-state index contributed by atoms with van der Waals surface area (Å²) in [5, 5.41) is 8.33. The SMILES string of the molecule is Nc1ccc(Cn2cc(-c3ccccc3)nn2)cc1. The fraction of sp³-hybridized carbons (Fsp3) is 0.0667. The molecule has 0 atom stereocenters. The number of hydrogen-bond acceptors (Lipinski definition) is 3. The first-order chi connectivity index (χ1) is 9.31. The van der Waals surface area contributed by atoms with Crippen molar-refractivity contribution in [1.29, 1.82) is 0 Å². The van der Waals surface area contributed by atoms with E-state index in [1.54, 1.807) is 0 Å². The van der Waals surface area contributed by atoms with E-state index in [2.05, 4.69) is 10.3 Å². The van der Waals surface area contributed by atoms with E-state index in [0.717, 1.165) is 22.5 Å². The molecule has 0 spiro atoms. The fourth-order valence-corrected chi connectivity index (χ4v) is 1.93. The minimum Gasteiger partial charge on any atom is -0.399 e. The number of rotatable bonds is 3. The van der Waals surface area contributed by atoms with Crippen molar-refractivity contribution < 1.29 is 0 Å². The van der Waals surface area contributed by atoms with Gasteiger partial charge in [0.15, 0.2) is 0 Å². The van der Waals surface area contributed by atoms with Crippen LogP contribution in [0.5, 0.6) is 0 Å². The Hall–Kier alpha value is -2.62. The highest BCUT2D eigenvalue weighted by atomic mass is 15.4. The van der Waals surface area contributed by atoms with Crippen molar-refractivity contribution in [3.05, 3.63) is 66.4 Å².